The van der Waals surface area contributed by atoms with Gasteiger partial charge in [0.15, 0.2) is 0 Å². The zero-order chi connectivity index (χ0) is 27.5. The van der Waals surface area contributed by atoms with E-state index in [1.807, 2.05) is 24.4 Å². The lowest BCUT2D eigenvalue weighted by molar-refractivity contribution is -0.149. The van der Waals surface area contributed by atoms with Crippen molar-refractivity contribution in [3.63, 3.8) is 0 Å². The fraction of sp³-hybridized carbons (Fsp3) is 0.448. The number of anilines is 1. The Hall–Kier alpha value is -3.30. The number of piperidine rings is 1. The van der Waals surface area contributed by atoms with Gasteiger partial charge in [0.25, 0.3) is 11.8 Å². The number of rotatable bonds is 5. The number of amides is 2. The third-order valence-electron chi connectivity index (χ3n) is 8.35. The Morgan fingerprint density at radius 3 is 2.69 bits per heavy atom. The number of amidine groups is 1. The molecular weight excluding hydrogens is 521 g/mol. The van der Waals surface area contributed by atoms with Crippen molar-refractivity contribution in [1.29, 1.82) is 0 Å². The quantitative estimate of drug-likeness (QED) is 0.466. The lowest BCUT2D eigenvalue weighted by Crippen LogP contribution is -2.54. The maximum atomic E-state index is 14.0. The summed E-state index contributed by atoms with van der Waals surface area (Å²) in [5.74, 6) is 0.0424. The molecule has 0 atom stereocenters. The van der Waals surface area contributed by atoms with Gasteiger partial charge in [0.2, 0.25) is 0 Å². The highest BCUT2D eigenvalue weighted by Crippen LogP contribution is 2.50. The molecule has 1 fully saturated rings. The molecule has 0 bridgehead atoms. The van der Waals surface area contributed by atoms with Crippen LogP contribution in [-0.2, 0) is 23.3 Å². The van der Waals surface area contributed by atoms with Gasteiger partial charge in [-0.3, -0.25) is 19.0 Å². The van der Waals surface area contributed by atoms with Crippen LogP contribution in [-0.4, -0.2) is 62.6 Å². The molecule has 3 aliphatic heterocycles. The highest BCUT2D eigenvalue weighted by Gasteiger charge is 2.53. The molecule has 1 aromatic carbocycles. The van der Waals surface area contributed by atoms with E-state index >= 15 is 0 Å². The van der Waals surface area contributed by atoms with Gasteiger partial charge in [-0.05, 0) is 69.4 Å². The molecule has 1 N–H and O–H groups in total. The van der Waals surface area contributed by atoms with Crippen molar-refractivity contribution in [2.24, 2.45) is 4.99 Å². The number of nitrogens with zero attached hydrogens (tertiary/aromatic N) is 5. The van der Waals surface area contributed by atoms with E-state index in [2.05, 4.69) is 14.5 Å². The van der Waals surface area contributed by atoms with Crippen LogP contribution >= 0.6 is 11.6 Å². The summed E-state index contributed by atoms with van der Waals surface area (Å²) < 4.78 is 15.1. The summed E-state index contributed by atoms with van der Waals surface area (Å²) in [6, 6.07) is 7.51. The molecule has 0 unspecified atom stereocenters. The van der Waals surface area contributed by atoms with Crippen molar-refractivity contribution < 1.29 is 19.1 Å². The van der Waals surface area contributed by atoms with E-state index in [1.54, 1.807) is 17.2 Å². The summed E-state index contributed by atoms with van der Waals surface area (Å²) in [5.41, 5.74) is 2.19. The predicted octanol–water partition coefficient (Wildman–Crippen LogP) is 4.64. The fourth-order valence-electron chi connectivity index (χ4n) is 6.50. The summed E-state index contributed by atoms with van der Waals surface area (Å²) in [5, 5.41) is 11.6. The largest absolute Gasteiger partial charge is 0.381 e. The number of halogens is 2. The Morgan fingerprint density at radius 1 is 1.21 bits per heavy atom. The zero-order valence-corrected chi connectivity index (χ0v) is 22.8. The molecular formula is C29H31ClFN5O3. The van der Waals surface area contributed by atoms with Crippen LogP contribution in [0.3, 0.4) is 0 Å². The molecule has 3 aromatic rings. The molecule has 6 rings (SSSR count). The number of alkyl halides is 1. The van der Waals surface area contributed by atoms with E-state index in [9.17, 15) is 19.1 Å². The van der Waals surface area contributed by atoms with Crippen LogP contribution in [0.4, 0.5) is 10.1 Å². The molecule has 2 aromatic heterocycles. The molecule has 0 aliphatic carbocycles. The third kappa shape index (κ3) is 4.05. The Labute approximate surface area is 231 Å². The van der Waals surface area contributed by atoms with Crippen LogP contribution in [0.25, 0.3) is 10.9 Å². The molecule has 2 amide bonds. The molecule has 39 heavy (non-hydrogen) atoms. The number of fused-ring (bicyclic) bond motifs is 8. The molecule has 0 saturated carbocycles. The molecule has 1 saturated heterocycles. The number of benzene rings is 1. The van der Waals surface area contributed by atoms with Gasteiger partial charge in [-0.1, -0.05) is 11.6 Å². The fourth-order valence-corrected chi connectivity index (χ4v) is 6.67. The van der Waals surface area contributed by atoms with Gasteiger partial charge in [-0.15, -0.1) is 0 Å². The Balaban J connectivity index is 1.46. The first-order valence-corrected chi connectivity index (χ1v) is 13.8. The summed E-state index contributed by atoms with van der Waals surface area (Å²) in [7, 11) is 0. The summed E-state index contributed by atoms with van der Waals surface area (Å²) in [6.45, 7) is 4.48. The number of pyridine rings is 1. The van der Waals surface area contributed by atoms with Gasteiger partial charge < -0.3 is 19.5 Å². The smallest absolute Gasteiger partial charge is 0.281 e. The van der Waals surface area contributed by atoms with Crippen LogP contribution in [0.2, 0.25) is 5.02 Å². The van der Waals surface area contributed by atoms with Crippen molar-refractivity contribution in [3.8, 4) is 0 Å². The second-order valence-corrected chi connectivity index (χ2v) is 11.6. The molecule has 3 aliphatic rings. The number of aryl methyl sites for hydroxylation is 1. The minimum absolute atomic E-state index is 0.306. The first-order valence-electron chi connectivity index (χ1n) is 13.4. The lowest BCUT2D eigenvalue weighted by Gasteiger charge is -2.41. The van der Waals surface area contributed by atoms with E-state index < -0.39 is 11.0 Å². The summed E-state index contributed by atoms with van der Waals surface area (Å²) >= 11 is 6.36. The molecule has 0 radical (unpaired) electrons. The van der Waals surface area contributed by atoms with Crippen LogP contribution in [0.15, 0.2) is 41.7 Å². The number of hydrogen-bond acceptors (Lipinski definition) is 5. The number of unbranched alkanes of at least 4 members (excludes halogenated alkanes) is 1. The SMILES string of the molecule is CC(C)(O)C(=O)N1CCC2(CC1)C1=NC(=O)c3c(n(CCCCF)c4ccc(Cl)cc34)CN1c1cnccc12. The monoisotopic (exact) mass is 551 g/mol. The number of carbonyl (C=O) groups excluding carboxylic acids is 2. The Bertz CT molecular complexity index is 1520. The number of hydrogen-bond donors (Lipinski definition) is 1. The van der Waals surface area contributed by atoms with Crippen molar-refractivity contribution in [2.45, 2.75) is 63.6 Å². The maximum absolute atomic E-state index is 14.0. The average Bonchev–Trinajstić information content (AvgIpc) is 3.26. The number of aromatic nitrogens is 2. The van der Waals surface area contributed by atoms with Crippen LogP contribution in [0.5, 0.6) is 0 Å². The predicted molar refractivity (Wildman–Crippen MR) is 148 cm³/mol. The van der Waals surface area contributed by atoms with Crippen molar-refractivity contribution in [2.75, 3.05) is 24.7 Å². The van der Waals surface area contributed by atoms with Gasteiger partial charge >= 0.3 is 0 Å². The number of likely N-dealkylation sites (tertiary alicyclic amines) is 1. The summed E-state index contributed by atoms with van der Waals surface area (Å²) in [4.78, 5) is 39.7. The first kappa shape index (κ1) is 26.0. The average molecular weight is 552 g/mol. The highest BCUT2D eigenvalue weighted by atomic mass is 35.5. The van der Waals surface area contributed by atoms with Gasteiger partial charge in [-0.25, -0.2) is 0 Å². The minimum atomic E-state index is -1.45. The van der Waals surface area contributed by atoms with Crippen LogP contribution < -0.4 is 4.90 Å². The van der Waals surface area contributed by atoms with Crippen molar-refractivity contribution >= 4 is 45.8 Å². The van der Waals surface area contributed by atoms with E-state index in [0.717, 1.165) is 27.8 Å². The molecule has 10 heteroatoms. The lowest BCUT2D eigenvalue weighted by atomic mass is 9.73. The second-order valence-electron chi connectivity index (χ2n) is 11.2. The maximum Gasteiger partial charge on any atom is 0.281 e. The van der Waals surface area contributed by atoms with E-state index in [1.165, 1.54) is 13.8 Å². The van der Waals surface area contributed by atoms with Crippen LogP contribution in [0.1, 0.15) is 61.1 Å². The number of aliphatic hydroxyl groups is 1. The Kier molecular flexibility index (Phi) is 6.26. The normalized spacial score (nSPS) is 18.2. The molecule has 1 spiro atoms. The second kappa shape index (κ2) is 9.41. The summed E-state index contributed by atoms with van der Waals surface area (Å²) in [6.07, 6.45) is 5.80. The standard InChI is InChI=1S/C29H31ClFN5O3/c1-28(2,39)27(38)34-13-8-29(9-14-34)20-7-11-32-16-22(20)36-17-23-24(25(37)33-26(29)36)19-15-18(30)5-6-21(19)35(23)12-4-3-10-31/h5-7,11,15-16,39H,3-4,8-10,12-14,17H2,1-2H3. The minimum Gasteiger partial charge on any atom is -0.381 e. The van der Waals surface area contributed by atoms with Crippen molar-refractivity contribution in [3.05, 3.63) is 58.5 Å². The van der Waals surface area contributed by atoms with E-state index in [-0.39, 0.29) is 18.5 Å². The van der Waals surface area contributed by atoms with Crippen LogP contribution in [0, 0.1) is 0 Å². The first-order chi connectivity index (χ1) is 18.7. The molecule has 204 valence electrons. The highest BCUT2D eigenvalue weighted by molar-refractivity contribution is 6.31. The van der Waals surface area contributed by atoms with E-state index in [4.69, 9.17) is 16.6 Å². The van der Waals surface area contributed by atoms with Gasteiger partial charge in [0, 0.05) is 41.8 Å². The van der Waals surface area contributed by atoms with E-state index in [0.29, 0.717) is 68.3 Å². The molecule has 8 nitrogen and oxygen atoms in total. The number of aliphatic imine (C=N–C) groups is 1. The van der Waals surface area contributed by atoms with Gasteiger partial charge in [0.1, 0.15) is 11.4 Å². The number of carbonyl (C=O) groups is 2. The van der Waals surface area contributed by atoms with Gasteiger partial charge in [-0.2, -0.15) is 4.99 Å². The van der Waals surface area contributed by atoms with Gasteiger partial charge in [0.05, 0.1) is 41.8 Å². The van der Waals surface area contributed by atoms with Crippen molar-refractivity contribution in [1.82, 2.24) is 14.5 Å². The third-order valence-corrected chi connectivity index (χ3v) is 8.58. The Morgan fingerprint density at radius 2 is 1.97 bits per heavy atom. The molecule has 5 heterocycles. The zero-order valence-electron chi connectivity index (χ0n) is 22.1. The topological polar surface area (TPSA) is 91.0 Å².